The van der Waals surface area contributed by atoms with Crippen LogP contribution in [0, 0.1) is 19.8 Å². The van der Waals surface area contributed by atoms with Crippen LogP contribution in [-0.2, 0) is 14.1 Å². The molecule has 204 valence electrons. The Morgan fingerprint density at radius 2 is 1.69 bits per heavy atom. The Labute approximate surface area is 221 Å². The number of halogens is 3. The highest BCUT2D eigenvalue weighted by molar-refractivity contribution is 6.03. The second-order valence-electron chi connectivity index (χ2n) is 10.1. The van der Waals surface area contributed by atoms with Crippen molar-refractivity contribution in [1.29, 1.82) is 0 Å². The van der Waals surface area contributed by atoms with Gasteiger partial charge in [0.15, 0.2) is 5.75 Å². The van der Waals surface area contributed by atoms with Gasteiger partial charge in [0.05, 0.1) is 0 Å². The van der Waals surface area contributed by atoms with Crippen LogP contribution in [0.2, 0.25) is 0 Å². The molecule has 11 heteroatoms. The summed E-state index contributed by atoms with van der Waals surface area (Å²) in [6.45, 7) is 3.71. The monoisotopic (exact) mass is 540 g/mol. The average Bonchev–Trinajstić information content (AvgIpc) is 3.60. The Bertz CT molecular complexity index is 1710. The van der Waals surface area contributed by atoms with Gasteiger partial charge in [-0.25, -0.2) is 0 Å². The summed E-state index contributed by atoms with van der Waals surface area (Å²) < 4.78 is 49.4. The van der Waals surface area contributed by atoms with Gasteiger partial charge in [-0.05, 0) is 55.9 Å². The number of rotatable bonds is 6. The Kier molecular flexibility index (Phi) is 6.40. The van der Waals surface area contributed by atoms with Crippen LogP contribution in [0.15, 0.2) is 52.3 Å². The predicted molar refractivity (Wildman–Crippen MR) is 140 cm³/mol. The minimum atomic E-state index is -4.59. The first-order valence-electron chi connectivity index (χ1n) is 12.4. The van der Waals surface area contributed by atoms with E-state index in [1.54, 1.807) is 19.3 Å². The molecule has 4 aromatic rings. The number of aromatic amines is 1. The zero-order chi connectivity index (χ0) is 28.2. The second-order valence-corrected chi connectivity index (χ2v) is 10.1. The number of amides is 1. The van der Waals surface area contributed by atoms with Crippen LogP contribution in [0.25, 0.3) is 22.0 Å². The van der Waals surface area contributed by atoms with Crippen molar-refractivity contribution in [2.45, 2.75) is 38.9 Å². The number of nitrogens with zero attached hydrogens (tertiary/aromatic N) is 2. The molecule has 2 N–H and O–H groups in total. The molecule has 1 unspecified atom stereocenters. The maximum atomic E-state index is 13.5. The zero-order valence-corrected chi connectivity index (χ0v) is 21.8. The fraction of sp³-hybridized carbons (Fsp3) is 0.321. The van der Waals surface area contributed by atoms with Gasteiger partial charge < -0.3 is 24.2 Å². The number of pyridine rings is 2. The van der Waals surface area contributed by atoms with Gasteiger partial charge in [-0.15, -0.1) is 0 Å². The summed E-state index contributed by atoms with van der Waals surface area (Å²) in [6.07, 6.45) is -0.763. The molecule has 1 fully saturated rings. The Balaban J connectivity index is 1.65. The molecule has 3 aromatic heterocycles. The van der Waals surface area contributed by atoms with E-state index >= 15 is 0 Å². The molecule has 0 bridgehead atoms. The number of benzene rings is 1. The molecule has 1 saturated carbocycles. The van der Waals surface area contributed by atoms with Gasteiger partial charge in [-0.3, -0.25) is 14.4 Å². The van der Waals surface area contributed by atoms with E-state index in [0.717, 1.165) is 11.1 Å². The van der Waals surface area contributed by atoms with Crippen molar-refractivity contribution in [3.8, 4) is 22.6 Å². The molecule has 1 aliphatic rings. The molecule has 3 heterocycles. The summed E-state index contributed by atoms with van der Waals surface area (Å²) in [4.78, 5) is 41.8. The summed E-state index contributed by atoms with van der Waals surface area (Å²) in [7, 11) is 3.08. The van der Waals surface area contributed by atoms with Crippen molar-refractivity contribution in [3.63, 3.8) is 0 Å². The second kappa shape index (κ2) is 9.48. The van der Waals surface area contributed by atoms with Gasteiger partial charge >= 0.3 is 6.18 Å². The predicted octanol–water partition coefficient (Wildman–Crippen LogP) is 4.71. The van der Waals surface area contributed by atoms with Crippen LogP contribution in [0.4, 0.5) is 13.2 Å². The summed E-state index contributed by atoms with van der Waals surface area (Å²) in [5.74, 6) is -1.11. The largest absolute Gasteiger partial charge is 0.450 e. The Hall–Kier alpha value is -4.28. The number of H-pyrrole nitrogens is 1. The maximum Gasteiger partial charge on any atom is 0.408 e. The third kappa shape index (κ3) is 4.84. The SMILES string of the molecule is Cc1cccc(C)c1Oc1c(-c2cn(C)c(=O)c3[nH]c(C(=O)NC(C4CC4)C(F)(F)F)cc23)ccn(C)c1=O. The van der Waals surface area contributed by atoms with E-state index < -0.39 is 35.2 Å². The summed E-state index contributed by atoms with van der Waals surface area (Å²) >= 11 is 0. The van der Waals surface area contributed by atoms with Gasteiger partial charge in [0, 0.05) is 43.0 Å². The smallest absolute Gasteiger partial charge is 0.408 e. The molecule has 5 rings (SSSR count). The summed E-state index contributed by atoms with van der Waals surface area (Å²) in [6, 6.07) is 6.61. The van der Waals surface area contributed by atoms with Crippen molar-refractivity contribution < 1.29 is 22.7 Å². The van der Waals surface area contributed by atoms with E-state index in [9.17, 15) is 27.6 Å². The Morgan fingerprint density at radius 1 is 1.03 bits per heavy atom. The topological polar surface area (TPSA) is 98.1 Å². The number of aromatic nitrogens is 3. The van der Waals surface area contributed by atoms with Gasteiger partial charge in [-0.1, -0.05) is 18.2 Å². The third-order valence-corrected chi connectivity index (χ3v) is 7.07. The summed E-state index contributed by atoms with van der Waals surface area (Å²) in [5.41, 5.74) is 1.31. The molecule has 0 aliphatic heterocycles. The molecule has 0 saturated heterocycles. The van der Waals surface area contributed by atoms with E-state index in [-0.39, 0.29) is 22.3 Å². The number of aryl methyl sites for hydroxylation is 4. The standard InChI is InChI=1S/C28H27F3N4O4/c1-14-6-5-7-15(2)22(14)39-23-17(10-11-34(3)27(23)38)19-13-35(4)26(37)21-18(19)12-20(32-21)25(36)33-24(16-8-9-16)28(29,30)31/h5-7,10-13,16,24,32H,8-9H2,1-4H3,(H,33,36). The fourth-order valence-corrected chi connectivity index (χ4v) is 4.76. The van der Waals surface area contributed by atoms with Crippen LogP contribution in [0.5, 0.6) is 11.5 Å². The number of hydrogen-bond acceptors (Lipinski definition) is 4. The number of ether oxygens (including phenoxy) is 1. The highest BCUT2D eigenvalue weighted by Crippen LogP contribution is 2.40. The number of carbonyl (C=O) groups is 1. The van der Waals surface area contributed by atoms with Crippen LogP contribution in [0.3, 0.4) is 0 Å². The molecular formula is C28H27F3N4O4. The van der Waals surface area contributed by atoms with Gasteiger partial charge in [0.1, 0.15) is 23.0 Å². The minimum Gasteiger partial charge on any atom is -0.450 e. The van der Waals surface area contributed by atoms with E-state index in [2.05, 4.69) is 10.3 Å². The first kappa shape index (κ1) is 26.3. The van der Waals surface area contributed by atoms with Crippen molar-refractivity contribution >= 4 is 16.8 Å². The highest BCUT2D eigenvalue weighted by atomic mass is 19.4. The zero-order valence-electron chi connectivity index (χ0n) is 21.8. The number of carbonyl (C=O) groups excluding carboxylic acids is 1. The molecule has 1 amide bonds. The quantitative estimate of drug-likeness (QED) is 0.370. The first-order valence-corrected chi connectivity index (χ1v) is 12.4. The average molecular weight is 541 g/mol. The highest BCUT2D eigenvalue weighted by Gasteiger charge is 2.49. The molecule has 39 heavy (non-hydrogen) atoms. The van der Waals surface area contributed by atoms with Crippen molar-refractivity contribution in [3.05, 3.63) is 80.3 Å². The lowest BCUT2D eigenvalue weighted by molar-refractivity contribution is -0.158. The van der Waals surface area contributed by atoms with Crippen molar-refractivity contribution in [2.75, 3.05) is 0 Å². The lowest BCUT2D eigenvalue weighted by Crippen LogP contribution is -2.47. The van der Waals surface area contributed by atoms with Crippen LogP contribution in [0.1, 0.15) is 34.5 Å². The number of fused-ring (bicyclic) bond motifs is 1. The van der Waals surface area contributed by atoms with Crippen molar-refractivity contribution in [2.24, 2.45) is 20.0 Å². The third-order valence-electron chi connectivity index (χ3n) is 7.07. The van der Waals surface area contributed by atoms with Crippen LogP contribution in [-0.4, -0.2) is 32.2 Å². The van der Waals surface area contributed by atoms with E-state index in [0.29, 0.717) is 29.7 Å². The molecule has 1 aromatic carbocycles. The van der Waals surface area contributed by atoms with E-state index in [4.69, 9.17) is 4.74 Å². The van der Waals surface area contributed by atoms with Crippen molar-refractivity contribution in [1.82, 2.24) is 19.4 Å². The molecule has 0 spiro atoms. The number of para-hydroxylation sites is 1. The number of alkyl halides is 3. The van der Waals surface area contributed by atoms with Gasteiger partial charge in [0.2, 0.25) is 0 Å². The summed E-state index contributed by atoms with van der Waals surface area (Å²) in [5, 5.41) is 2.36. The normalized spacial score (nSPS) is 14.4. The molecular weight excluding hydrogens is 513 g/mol. The molecule has 8 nitrogen and oxygen atoms in total. The molecule has 0 radical (unpaired) electrons. The van der Waals surface area contributed by atoms with E-state index in [1.165, 1.54) is 28.4 Å². The van der Waals surface area contributed by atoms with Gasteiger partial charge in [0.25, 0.3) is 17.0 Å². The lowest BCUT2D eigenvalue weighted by Gasteiger charge is -2.20. The molecule has 1 atom stereocenters. The molecule has 1 aliphatic carbocycles. The first-order chi connectivity index (χ1) is 18.4. The maximum absolute atomic E-state index is 13.5. The van der Waals surface area contributed by atoms with E-state index in [1.807, 2.05) is 32.0 Å². The number of hydrogen-bond donors (Lipinski definition) is 2. The minimum absolute atomic E-state index is 0.00965. The Morgan fingerprint density at radius 3 is 2.31 bits per heavy atom. The number of nitrogens with one attached hydrogen (secondary N) is 2. The van der Waals surface area contributed by atoms with Crippen LogP contribution < -0.4 is 21.2 Å². The van der Waals surface area contributed by atoms with Gasteiger partial charge in [-0.2, -0.15) is 13.2 Å². The lowest BCUT2D eigenvalue weighted by atomic mass is 10.0. The fourth-order valence-electron chi connectivity index (χ4n) is 4.76. The van der Waals surface area contributed by atoms with Crippen LogP contribution >= 0.6 is 0 Å².